The van der Waals surface area contributed by atoms with Gasteiger partial charge in [-0.25, -0.2) is 9.18 Å². The number of nitrogens with zero attached hydrogens (tertiary/aromatic N) is 3. The molecule has 1 fully saturated rings. The number of carbonyl (C=O) groups excluding carboxylic acids is 2. The summed E-state index contributed by atoms with van der Waals surface area (Å²) in [5, 5.41) is 47.5. The number of aliphatic hydroxyl groups excluding tert-OH is 3. The summed E-state index contributed by atoms with van der Waals surface area (Å²) in [5.41, 5.74) is 8.48. The highest BCUT2D eigenvalue weighted by atomic mass is 19.1. The summed E-state index contributed by atoms with van der Waals surface area (Å²) >= 11 is 0. The van der Waals surface area contributed by atoms with Gasteiger partial charge in [0.1, 0.15) is 50.0 Å². The number of nitrogens with one attached hydrogen (secondary N) is 2. The average molecular weight is 628 g/mol. The van der Waals surface area contributed by atoms with Crippen LogP contribution in [0.5, 0.6) is 5.75 Å². The van der Waals surface area contributed by atoms with Gasteiger partial charge in [-0.1, -0.05) is 11.0 Å². The number of ether oxygens (including phenoxy) is 5. The Morgan fingerprint density at radius 3 is 2.48 bits per heavy atom. The maximum atomic E-state index is 13.9. The Hall–Kier alpha value is -4.05. The third-order valence-corrected chi connectivity index (χ3v) is 5.92. The summed E-state index contributed by atoms with van der Waals surface area (Å²) < 4.78 is 39.8. The highest BCUT2D eigenvalue weighted by Gasteiger charge is 2.48. The number of hydrogen-bond donors (Lipinski definition) is 6. The van der Waals surface area contributed by atoms with Crippen molar-refractivity contribution in [3.63, 3.8) is 0 Å². The standard InChI is InChI=1S/C26H34FN5O12/c1-2-7-40-8-9-41-10-11-42-14-19(33)31-17(5-6-29-32-28)24(37)30-16-3-4-18(15(12-16)13-27)43-26-22(36)20(34)21(35)23(44-26)25(38)39/h1,3-4,12,17,20-23,26,34-36H,5-11,13-14H2,(H,30,37)(H,31,33)(H,38,39). The molecule has 0 aliphatic carbocycles. The lowest BCUT2D eigenvalue weighted by atomic mass is 9.99. The van der Waals surface area contributed by atoms with Crippen LogP contribution < -0.4 is 15.4 Å². The topological polar surface area (TPSA) is 251 Å². The molecule has 0 bridgehead atoms. The van der Waals surface area contributed by atoms with E-state index in [1.807, 2.05) is 0 Å². The minimum Gasteiger partial charge on any atom is -0.479 e. The molecule has 17 nitrogen and oxygen atoms in total. The molecule has 1 aliphatic heterocycles. The molecule has 2 rings (SSSR count). The van der Waals surface area contributed by atoms with Crippen molar-refractivity contribution in [3.8, 4) is 18.1 Å². The Morgan fingerprint density at radius 2 is 1.82 bits per heavy atom. The number of benzene rings is 1. The maximum Gasteiger partial charge on any atom is 0.335 e. The second kappa shape index (κ2) is 19.3. The van der Waals surface area contributed by atoms with Gasteiger partial charge in [-0.2, -0.15) is 0 Å². The normalized spacial score (nSPS) is 21.8. The van der Waals surface area contributed by atoms with Gasteiger partial charge >= 0.3 is 5.97 Å². The van der Waals surface area contributed by atoms with Crippen molar-refractivity contribution < 1.29 is 62.9 Å². The van der Waals surface area contributed by atoms with E-state index in [0.29, 0.717) is 6.61 Å². The molecule has 1 heterocycles. The van der Waals surface area contributed by atoms with E-state index < -0.39 is 67.8 Å². The second-order valence-electron chi connectivity index (χ2n) is 9.08. The van der Waals surface area contributed by atoms with Crippen molar-refractivity contribution in [2.24, 2.45) is 5.11 Å². The van der Waals surface area contributed by atoms with E-state index in [-0.39, 0.29) is 56.4 Å². The van der Waals surface area contributed by atoms with Crippen LogP contribution >= 0.6 is 0 Å². The van der Waals surface area contributed by atoms with Gasteiger partial charge < -0.3 is 54.7 Å². The fraction of sp³-hybridized carbons (Fsp3) is 0.577. The first-order valence-corrected chi connectivity index (χ1v) is 13.2. The predicted octanol–water partition coefficient (Wildman–Crippen LogP) is -0.766. The molecule has 6 unspecified atom stereocenters. The molecular formula is C26H34FN5O12. The Bertz CT molecular complexity index is 1190. The molecule has 242 valence electrons. The number of hydrogen-bond acceptors (Lipinski definition) is 12. The van der Waals surface area contributed by atoms with E-state index in [2.05, 4.69) is 26.6 Å². The van der Waals surface area contributed by atoms with Crippen LogP contribution in [0.15, 0.2) is 23.3 Å². The molecule has 1 aromatic carbocycles. The molecule has 1 aliphatic rings. The van der Waals surface area contributed by atoms with E-state index in [1.54, 1.807) is 0 Å². The van der Waals surface area contributed by atoms with Gasteiger partial charge in [0.05, 0.1) is 26.4 Å². The van der Waals surface area contributed by atoms with Crippen LogP contribution in [0.25, 0.3) is 10.4 Å². The number of carboxylic acids is 1. The lowest BCUT2D eigenvalue weighted by Gasteiger charge is -2.38. The minimum absolute atomic E-state index is 0.0710. The van der Waals surface area contributed by atoms with Gasteiger partial charge in [0.2, 0.25) is 18.1 Å². The summed E-state index contributed by atoms with van der Waals surface area (Å²) in [6, 6.07) is 2.49. The third-order valence-electron chi connectivity index (χ3n) is 5.92. The smallest absolute Gasteiger partial charge is 0.335 e. The van der Waals surface area contributed by atoms with Crippen LogP contribution in [-0.4, -0.2) is 121 Å². The lowest BCUT2D eigenvalue weighted by molar-refractivity contribution is -0.271. The molecule has 0 saturated carbocycles. The zero-order valence-electron chi connectivity index (χ0n) is 23.4. The molecule has 6 atom stereocenters. The summed E-state index contributed by atoms with van der Waals surface area (Å²) in [6.45, 7) is -0.650. The van der Waals surface area contributed by atoms with Gasteiger partial charge in [0, 0.05) is 22.7 Å². The Morgan fingerprint density at radius 1 is 1.11 bits per heavy atom. The second-order valence-corrected chi connectivity index (χ2v) is 9.08. The quantitative estimate of drug-likeness (QED) is 0.0364. The summed E-state index contributed by atoms with van der Waals surface area (Å²) in [7, 11) is 0. The van der Waals surface area contributed by atoms with Crippen LogP contribution in [0.1, 0.15) is 12.0 Å². The number of amides is 2. The van der Waals surface area contributed by atoms with Gasteiger partial charge in [0.25, 0.3) is 0 Å². The number of azide groups is 1. The first-order valence-electron chi connectivity index (χ1n) is 13.2. The molecule has 6 N–H and O–H groups in total. The molecule has 2 amide bonds. The van der Waals surface area contributed by atoms with Gasteiger partial charge in [0.15, 0.2) is 6.10 Å². The number of carboxylic acid groups (broad SMARTS) is 1. The zero-order valence-corrected chi connectivity index (χ0v) is 23.4. The maximum absolute atomic E-state index is 13.9. The molecule has 1 saturated heterocycles. The third kappa shape index (κ3) is 11.6. The molecule has 0 radical (unpaired) electrons. The number of aliphatic carboxylic acids is 1. The Kier molecular flexibility index (Phi) is 15.8. The monoisotopic (exact) mass is 627 g/mol. The number of halogens is 1. The van der Waals surface area contributed by atoms with Crippen LogP contribution in [0, 0.1) is 12.3 Å². The first kappa shape index (κ1) is 36.1. The lowest BCUT2D eigenvalue weighted by Crippen LogP contribution is -2.61. The molecule has 44 heavy (non-hydrogen) atoms. The van der Waals surface area contributed by atoms with Crippen molar-refractivity contribution in [1.82, 2.24) is 5.32 Å². The van der Waals surface area contributed by atoms with Gasteiger partial charge in [-0.05, 0) is 30.2 Å². The fourth-order valence-corrected chi connectivity index (χ4v) is 3.75. The highest BCUT2D eigenvalue weighted by molar-refractivity contribution is 5.97. The van der Waals surface area contributed by atoms with Crippen molar-refractivity contribution in [1.29, 1.82) is 0 Å². The molecule has 1 aromatic rings. The molecule has 18 heteroatoms. The van der Waals surface area contributed by atoms with Crippen molar-refractivity contribution in [3.05, 3.63) is 34.2 Å². The number of alkyl halides is 1. The van der Waals surface area contributed by atoms with E-state index in [1.165, 1.54) is 18.2 Å². The van der Waals surface area contributed by atoms with Crippen LogP contribution in [0.3, 0.4) is 0 Å². The van der Waals surface area contributed by atoms with Crippen molar-refractivity contribution in [2.75, 3.05) is 51.5 Å². The van der Waals surface area contributed by atoms with Crippen molar-refractivity contribution >= 4 is 23.5 Å². The van der Waals surface area contributed by atoms with E-state index in [9.17, 15) is 39.2 Å². The van der Waals surface area contributed by atoms with Gasteiger partial charge in [-0.15, -0.1) is 6.42 Å². The predicted molar refractivity (Wildman–Crippen MR) is 147 cm³/mol. The van der Waals surface area contributed by atoms with E-state index in [4.69, 9.17) is 35.6 Å². The minimum atomic E-state index is -1.94. The van der Waals surface area contributed by atoms with Crippen molar-refractivity contribution in [2.45, 2.75) is 49.8 Å². The molecule has 0 aromatic heterocycles. The SMILES string of the molecule is C#CCOCCOCCOCC(=O)NC(CCN=[N+]=[N-])C(=O)Nc1ccc(OC2OC(C(=O)O)C(O)C(O)C2O)c(CF)c1. The average Bonchev–Trinajstić information content (AvgIpc) is 3.00. The van der Waals surface area contributed by atoms with Gasteiger partial charge in [-0.3, -0.25) is 9.59 Å². The van der Waals surface area contributed by atoms with Crippen LogP contribution in [-0.2, 0) is 40.0 Å². The Balaban J connectivity index is 1.98. The van der Waals surface area contributed by atoms with Crippen LogP contribution in [0.4, 0.5) is 10.1 Å². The fourth-order valence-electron chi connectivity index (χ4n) is 3.75. The highest BCUT2D eigenvalue weighted by Crippen LogP contribution is 2.29. The number of aliphatic hydroxyl groups is 3. The largest absolute Gasteiger partial charge is 0.479 e. The molecular weight excluding hydrogens is 593 g/mol. The first-order chi connectivity index (χ1) is 21.1. The molecule has 0 spiro atoms. The van der Waals surface area contributed by atoms with E-state index >= 15 is 0 Å². The van der Waals surface area contributed by atoms with E-state index in [0.717, 1.165) is 0 Å². The van der Waals surface area contributed by atoms with Crippen LogP contribution in [0.2, 0.25) is 0 Å². The Labute approximate surface area is 250 Å². The summed E-state index contributed by atoms with van der Waals surface area (Å²) in [6.07, 6.45) is -4.46. The summed E-state index contributed by atoms with van der Waals surface area (Å²) in [4.78, 5) is 39.2. The zero-order chi connectivity index (χ0) is 32.5. The number of terminal acetylenes is 1. The number of carbonyl (C=O) groups is 3. The number of anilines is 1. The summed E-state index contributed by atoms with van der Waals surface area (Å²) in [5.74, 6) is -0.894. The number of rotatable bonds is 19.